The van der Waals surface area contributed by atoms with Crippen LogP contribution in [0.4, 0.5) is 5.13 Å². The zero-order valence-corrected chi connectivity index (χ0v) is 12.4. The topological polar surface area (TPSA) is 49.2 Å². The lowest BCUT2D eigenvalue weighted by Crippen LogP contribution is -2.16. The van der Waals surface area contributed by atoms with Crippen LogP contribution in [0.1, 0.15) is 36.0 Å². The standard InChI is InChI=1S/C12H17N3OS2/c1-8(2)11-10(5-16)18-12(14-11)15(3)4-9-6-17-7-13-9/h6-8,16H,4-5H2,1-3H3. The average Bonchev–Trinajstić information content (AvgIpc) is 2.96. The summed E-state index contributed by atoms with van der Waals surface area (Å²) in [4.78, 5) is 11.9. The Morgan fingerprint density at radius 2 is 2.22 bits per heavy atom. The summed E-state index contributed by atoms with van der Waals surface area (Å²) >= 11 is 3.16. The molecule has 0 aliphatic carbocycles. The molecule has 18 heavy (non-hydrogen) atoms. The van der Waals surface area contributed by atoms with Gasteiger partial charge in [-0.05, 0) is 5.92 Å². The van der Waals surface area contributed by atoms with E-state index in [0.29, 0.717) is 5.92 Å². The summed E-state index contributed by atoms with van der Waals surface area (Å²) in [6.45, 7) is 5.01. The summed E-state index contributed by atoms with van der Waals surface area (Å²) in [5.41, 5.74) is 3.89. The fourth-order valence-corrected chi connectivity index (χ4v) is 3.29. The normalized spacial score (nSPS) is 11.2. The predicted octanol–water partition coefficient (Wildman–Crippen LogP) is 2.85. The van der Waals surface area contributed by atoms with Gasteiger partial charge in [0.05, 0.1) is 34.9 Å². The number of rotatable bonds is 5. The van der Waals surface area contributed by atoms with Gasteiger partial charge in [-0.3, -0.25) is 0 Å². The highest BCUT2D eigenvalue weighted by Gasteiger charge is 2.16. The minimum Gasteiger partial charge on any atom is -0.391 e. The summed E-state index contributed by atoms with van der Waals surface area (Å²) in [6.07, 6.45) is 0. The van der Waals surface area contributed by atoms with E-state index in [4.69, 9.17) is 0 Å². The molecule has 0 aliphatic heterocycles. The van der Waals surface area contributed by atoms with Crippen LogP contribution < -0.4 is 4.90 Å². The lowest BCUT2D eigenvalue weighted by atomic mass is 10.1. The van der Waals surface area contributed by atoms with Crippen LogP contribution in [0.2, 0.25) is 0 Å². The van der Waals surface area contributed by atoms with Crippen LogP contribution in [0.5, 0.6) is 0 Å². The van der Waals surface area contributed by atoms with E-state index in [1.165, 1.54) is 0 Å². The molecule has 0 amide bonds. The molecule has 0 spiro atoms. The van der Waals surface area contributed by atoms with E-state index in [1.54, 1.807) is 22.7 Å². The zero-order chi connectivity index (χ0) is 13.1. The number of nitrogens with zero attached hydrogens (tertiary/aromatic N) is 3. The molecule has 4 nitrogen and oxygen atoms in total. The first-order chi connectivity index (χ1) is 8.61. The predicted molar refractivity (Wildman–Crippen MR) is 76.3 cm³/mol. The molecule has 0 aromatic carbocycles. The molecule has 2 rings (SSSR count). The Balaban J connectivity index is 2.17. The zero-order valence-electron chi connectivity index (χ0n) is 10.8. The van der Waals surface area contributed by atoms with Gasteiger partial charge in [0.15, 0.2) is 5.13 Å². The quantitative estimate of drug-likeness (QED) is 0.916. The van der Waals surface area contributed by atoms with Crippen molar-refractivity contribution in [1.82, 2.24) is 9.97 Å². The summed E-state index contributed by atoms with van der Waals surface area (Å²) in [5.74, 6) is 0.338. The van der Waals surface area contributed by atoms with Gasteiger partial charge in [-0.25, -0.2) is 9.97 Å². The van der Waals surface area contributed by atoms with Gasteiger partial charge in [0.1, 0.15) is 0 Å². The second-order valence-corrected chi connectivity index (χ2v) is 6.23. The molecule has 1 N–H and O–H groups in total. The van der Waals surface area contributed by atoms with E-state index in [1.807, 2.05) is 17.9 Å². The van der Waals surface area contributed by atoms with Crippen LogP contribution in [0.3, 0.4) is 0 Å². The number of aliphatic hydroxyl groups excluding tert-OH is 1. The van der Waals surface area contributed by atoms with Crippen LogP contribution in [0.25, 0.3) is 0 Å². The summed E-state index contributed by atoms with van der Waals surface area (Å²) in [6, 6.07) is 0. The average molecular weight is 283 g/mol. The Bertz CT molecular complexity index is 493. The van der Waals surface area contributed by atoms with Crippen molar-refractivity contribution in [1.29, 1.82) is 0 Å². The maximum atomic E-state index is 9.36. The van der Waals surface area contributed by atoms with Crippen molar-refractivity contribution in [3.05, 3.63) is 27.2 Å². The highest BCUT2D eigenvalue weighted by molar-refractivity contribution is 7.15. The number of aliphatic hydroxyl groups is 1. The molecule has 0 saturated carbocycles. The maximum absolute atomic E-state index is 9.36. The number of hydrogen-bond donors (Lipinski definition) is 1. The third-order valence-corrected chi connectivity index (χ3v) is 4.42. The number of anilines is 1. The van der Waals surface area contributed by atoms with E-state index in [-0.39, 0.29) is 6.61 Å². The number of aromatic nitrogens is 2. The summed E-state index contributed by atoms with van der Waals surface area (Å²) in [5, 5.41) is 12.3. The molecule has 0 aliphatic rings. The molecular formula is C12H17N3OS2. The van der Waals surface area contributed by atoms with Crippen LogP contribution in [0.15, 0.2) is 10.9 Å². The van der Waals surface area contributed by atoms with Crippen molar-refractivity contribution in [2.24, 2.45) is 0 Å². The van der Waals surface area contributed by atoms with Gasteiger partial charge in [-0.15, -0.1) is 11.3 Å². The Labute approximate surface area is 115 Å². The van der Waals surface area contributed by atoms with Gasteiger partial charge in [-0.1, -0.05) is 25.2 Å². The highest BCUT2D eigenvalue weighted by Crippen LogP contribution is 2.30. The third-order valence-electron chi connectivity index (χ3n) is 2.62. The van der Waals surface area contributed by atoms with Crippen LogP contribution in [-0.2, 0) is 13.2 Å². The molecule has 98 valence electrons. The molecule has 2 aromatic heterocycles. The lowest BCUT2D eigenvalue weighted by molar-refractivity contribution is 0.283. The van der Waals surface area contributed by atoms with Crippen LogP contribution >= 0.6 is 22.7 Å². The van der Waals surface area contributed by atoms with Crippen molar-refractivity contribution < 1.29 is 5.11 Å². The molecule has 6 heteroatoms. The Morgan fingerprint density at radius 1 is 1.44 bits per heavy atom. The fraction of sp³-hybridized carbons (Fsp3) is 0.500. The molecule has 0 atom stereocenters. The first-order valence-electron chi connectivity index (χ1n) is 5.80. The Kier molecular flexibility index (Phi) is 4.31. The van der Waals surface area contributed by atoms with E-state index in [0.717, 1.165) is 27.9 Å². The van der Waals surface area contributed by atoms with Crippen molar-refractivity contribution in [3.63, 3.8) is 0 Å². The van der Waals surface area contributed by atoms with Gasteiger partial charge in [-0.2, -0.15) is 0 Å². The van der Waals surface area contributed by atoms with Gasteiger partial charge in [0, 0.05) is 12.4 Å². The molecule has 0 fully saturated rings. The van der Waals surface area contributed by atoms with Gasteiger partial charge < -0.3 is 10.0 Å². The second kappa shape index (κ2) is 5.77. The molecule has 2 heterocycles. The van der Waals surface area contributed by atoms with Crippen molar-refractivity contribution in [3.8, 4) is 0 Å². The first-order valence-corrected chi connectivity index (χ1v) is 7.56. The third kappa shape index (κ3) is 2.88. The molecular weight excluding hydrogens is 266 g/mol. The van der Waals surface area contributed by atoms with E-state index < -0.39 is 0 Å². The minimum atomic E-state index is 0.0652. The minimum absolute atomic E-state index is 0.0652. The van der Waals surface area contributed by atoms with E-state index in [9.17, 15) is 5.11 Å². The maximum Gasteiger partial charge on any atom is 0.185 e. The molecule has 0 bridgehead atoms. The molecule has 0 unspecified atom stereocenters. The summed E-state index contributed by atoms with van der Waals surface area (Å²) < 4.78 is 0. The van der Waals surface area contributed by atoms with Crippen LogP contribution in [0, 0.1) is 0 Å². The van der Waals surface area contributed by atoms with Crippen LogP contribution in [-0.4, -0.2) is 22.1 Å². The summed E-state index contributed by atoms with van der Waals surface area (Å²) in [7, 11) is 2.00. The van der Waals surface area contributed by atoms with Gasteiger partial charge in [0.2, 0.25) is 0 Å². The monoisotopic (exact) mass is 283 g/mol. The first kappa shape index (κ1) is 13.5. The number of thiazole rings is 2. The molecule has 2 aromatic rings. The second-order valence-electron chi connectivity index (χ2n) is 4.45. The van der Waals surface area contributed by atoms with E-state index >= 15 is 0 Å². The Morgan fingerprint density at radius 3 is 2.72 bits per heavy atom. The van der Waals surface area contributed by atoms with Crippen molar-refractivity contribution >= 4 is 27.8 Å². The smallest absolute Gasteiger partial charge is 0.185 e. The van der Waals surface area contributed by atoms with Gasteiger partial charge in [0.25, 0.3) is 0 Å². The number of hydrogen-bond acceptors (Lipinski definition) is 6. The fourth-order valence-electron chi connectivity index (χ4n) is 1.70. The largest absolute Gasteiger partial charge is 0.391 e. The lowest BCUT2D eigenvalue weighted by Gasteiger charge is -2.13. The van der Waals surface area contributed by atoms with Crippen molar-refractivity contribution in [2.45, 2.75) is 32.9 Å². The molecule has 0 saturated heterocycles. The Hall–Kier alpha value is -0.980. The van der Waals surface area contributed by atoms with E-state index in [2.05, 4.69) is 28.7 Å². The SMILES string of the molecule is CC(C)c1nc(N(C)Cc2cscn2)sc1CO. The highest BCUT2D eigenvalue weighted by atomic mass is 32.1. The van der Waals surface area contributed by atoms with Crippen molar-refractivity contribution in [2.75, 3.05) is 11.9 Å². The molecule has 0 radical (unpaired) electrons. The van der Waals surface area contributed by atoms with Gasteiger partial charge >= 0.3 is 0 Å².